The van der Waals surface area contributed by atoms with Crippen molar-refractivity contribution in [3.63, 3.8) is 0 Å². The van der Waals surface area contributed by atoms with E-state index in [9.17, 15) is 14.9 Å². The standard InChI is InChI=1S/C15H11N3O4S/c1-2-10-6-11-14(16-8-17-15(11)23-10)22-13-5-9(7-19)3-4-12(13)18(20)21/h3-8H,2H2,1H3. The number of nitro benzene ring substituents is 1. The van der Waals surface area contributed by atoms with Gasteiger partial charge in [-0.25, -0.2) is 9.97 Å². The third-order valence-electron chi connectivity index (χ3n) is 3.22. The molecule has 0 aliphatic heterocycles. The highest BCUT2D eigenvalue weighted by Gasteiger charge is 2.19. The van der Waals surface area contributed by atoms with Crippen LogP contribution in [0.5, 0.6) is 11.6 Å². The second-order valence-corrected chi connectivity index (χ2v) is 5.78. The lowest BCUT2D eigenvalue weighted by atomic mass is 10.2. The lowest BCUT2D eigenvalue weighted by Crippen LogP contribution is -1.96. The topological polar surface area (TPSA) is 95.2 Å². The highest BCUT2D eigenvalue weighted by molar-refractivity contribution is 7.18. The van der Waals surface area contributed by atoms with E-state index in [0.717, 1.165) is 16.1 Å². The fourth-order valence-electron chi connectivity index (χ4n) is 2.08. The summed E-state index contributed by atoms with van der Waals surface area (Å²) in [6, 6.07) is 5.84. The van der Waals surface area contributed by atoms with Crippen molar-refractivity contribution in [3.05, 3.63) is 51.1 Å². The summed E-state index contributed by atoms with van der Waals surface area (Å²) < 4.78 is 5.64. The minimum atomic E-state index is -0.562. The zero-order chi connectivity index (χ0) is 16.4. The number of aromatic nitrogens is 2. The van der Waals surface area contributed by atoms with Crippen LogP contribution in [0, 0.1) is 10.1 Å². The highest BCUT2D eigenvalue weighted by Crippen LogP contribution is 2.36. The minimum absolute atomic E-state index is 0.0242. The van der Waals surface area contributed by atoms with E-state index < -0.39 is 4.92 Å². The molecule has 0 aliphatic rings. The first kappa shape index (κ1) is 15.0. The average molecular weight is 329 g/mol. The molecule has 0 aliphatic carbocycles. The molecule has 0 amide bonds. The van der Waals surface area contributed by atoms with Crippen LogP contribution in [0.1, 0.15) is 22.2 Å². The smallest absolute Gasteiger partial charge is 0.311 e. The highest BCUT2D eigenvalue weighted by atomic mass is 32.1. The number of carbonyl (C=O) groups is 1. The number of benzene rings is 1. The largest absolute Gasteiger partial charge is 0.431 e. The predicted octanol–water partition coefficient (Wildman–Crippen LogP) is 3.77. The molecule has 0 unspecified atom stereocenters. The van der Waals surface area contributed by atoms with Gasteiger partial charge in [0.15, 0.2) is 0 Å². The fourth-order valence-corrected chi connectivity index (χ4v) is 3.01. The van der Waals surface area contributed by atoms with Gasteiger partial charge in [-0.1, -0.05) is 6.92 Å². The van der Waals surface area contributed by atoms with Gasteiger partial charge in [0.25, 0.3) is 0 Å². The monoisotopic (exact) mass is 329 g/mol. The average Bonchev–Trinajstić information content (AvgIpc) is 2.99. The molecule has 2 aromatic heterocycles. The molecule has 0 spiro atoms. The molecule has 3 rings (SSSR count). The molecule has 0 N–H and O–H groups in total. The molecule has 116 valence electrons. The molecule has 7 nitrogen and oxygen atoms in total. The molecule has 0 saturated carbocycles. The quantitative estimate of drug-likeness (QED) is 0.402. The van der Waals surface area contributed by atoms with Gasteiger partial charge in [-0.2, -0.15) is 0 Å². The van der Waals surface area contributed by atoms with Gasteiger partial charge in [0, 0.05) is 16.5 Å². The van der Waals surface area contributed by atoms with Crippen LogP contribution in [-0.4, -0.2) is 21.2 Å². The van der Waals surface area contributed by atoms with Crippen molar-refractivity contribution in [3.8, 4) is 11.6 Å². The van der Waals surface area contributed by atoms with Gasteiger partial charge in [0.1, 0.15) is 17.4 Å². The van der Waals surface area contributed by atoms with Crippen LogP contribution in [0.25, 0.3) is 10.2 Å². The van der Waals surface area contributed by atoms with E-state index in [0.29, 0.717) is 11.7 Å². The SMILES string of the molecule is CCc1cc2c(Oc3cc(C=O)ccc3[N+](=O)[O-])ncnc2s1. The number of ether oxygens (including phenoxy) is 1. The Morgan fingerprint density at radius 3 is 2.87 bits per heavy atom. The second kappa shape index (κ2) is 6.09. The van der Waals surface area contributed by atoms with Gasteiger partial charge in [0.2, 0.25) is 11.6 Å². The van der Waals surface area contributed by atoms with E-state index in [1.807, 2.05) is 13.0 Å². The molecule has 0 bridgehead atoms. The number of hydrogen-bond acceptors (Lipinski definition) is 7. The van der Waals surface area contributed by atoms with E-state index >= 15 is 0 Å². The predicted molar refractivity (Wildman–Crippen MR) is 85.4 cm³/mol. The van der Waals surface area contributed by atoms with Crippen molar-refractivity contribution < 1.29 is 14.5 Å². The van der Waals surface area contributed by atoms with Gasteiger partial charge in [-0.15, -0.1) is 11.3 Å². The normalized spacial score (nSPS) is 10.7. The van der Waals surface area contributed by atoms with E-state index in [1.165, 1.54) is 35.9 Å². The number of fused-ring (bicyclic) bond motifs is 1. The Bertz CT molecular complexity index is 907. The maximum atomic E-state index is 11.1. The van der Waals surface area contributed by atoms with Crippen LogP contribution < -0.4 is 4.74 Å². The number of nitro groups is 1. The first-order chi connectivity index (χ1) is 11.1. The fraction of sp³-hybridized carbons (Fsp3) is 0.133. The number of thiophene rings is 1. The van der Waals surface area contributed by atoms with Gasteiger partial charge in [-0.3, -0.25) is 14.9 Å². The molecule has 0 radical (unpaired) electrons. The first-order valence-electron chi connectivity index (χ1n) is 6.77. The lowest BCUT2D eigenvalue weighted by Gasteiger charge is -2.06. The Morgan fingerprint density at radius 1 is 1.35 bits per heavy atom. The zero-order valence-corrected chi connectivity index (χ0v) is 12.9. The van der Waals surface area contributed by atoms with Crippen LogP contribution in [0.2, 0.25) is 0 Å². The van der Waals surface area contributed by atoms with E-state index in [-0.39, 0.29) is 22.9 Å². The van der Waals surface area contributed by atoms with Crippen molar-refractivity contribution in [2.75, 3.05) is 0 Å². The van der Waals surface area contributed by atoms with Crippen molar-refractivity contribution in [1.82, 2.24) is 9.97 Å². The summed E-state index contributed by atoms with van der Waals surface area (Å²) in [6.45, 7) is 2.02. The summed E-state index contributed by atoms with van der Waals surface area (Å²) in [5.41, 5.74) is 0.0590. The number of nitrogens with zero attached hydrogens (tertiary/aromatic N) is 3. The maximum absolute atomic E-state index is 11.1. The summed E-state index contributed by atoms with van der Waals surface area (Å²) in [7, 11) is 0. The molecule has 3 aromatic rings. The summed E-state index contributed by atoms with van der Waals surface area (Å²) in [6.07, 6.45) is 2.80. The Hall–Kier alpha value is -2.87. The third kappa shape index (κ3) is 2.88. The summed E-state index contributed by atoms with van der Waals surface area (Å²) in [4.78, 5) is 31.6. The number of rotatable bonds is 5. The van der Waals surface area contributed by atoms with Crippen molar-refractivity contribution >= 4 is 33.5 Å². The van der Waals surface area contributed by atoms with Crippen LogP contribution in [0.3, 0.4) is 0 Å². The number of aldehydes is 1. The van der Waals surface area contributed by atoms with Gasteiger partial charge in [-0.05, 0) is 24.6 Å². The van der Waals surface area contributed by atoms with E-state index in [4.69, 9.17) is 4.74 Å². The molecule has 0 fully saturated rings. The van der Waals surface area contributed by atoms with Crippen LogP contribution in [-0.2, 0) is 6.42 Å². The molecular formula is C15H11N3O4S. The van der Waals surface area contributed by atoms with Gasteiger partial charge >= 0.3 is 5.69 Å². The zero-order valence-electron chi connectivity index (χ0n) is 12.1. The van der Waals surface area contributed by atoms with E-state index in [1.54, 1.807) is 0 Å². The number of carbonyl (C=O) groups excluding carboxylic acids is 1. The molecule has 1 aromatic carbocycles. The molecular weight excluding hydrogens is 318 g/mol. The third-order valence-corrected chi connectivity index (χ3v) is 4.40. The molecule has 2 heterocycles. The van der Waals surface area contributed by atoms with Crippen molar-refractivity contribution in [2.45, 2.75) is 13.3 Å². The summed E-state index contributed by atoms with van der Waals surface area (Å²) in [5.74, 6) is 0.209. The number of aryl methyl sites for hydroxylation is 1. The van der Waals surface area contributed by atoms with Crippen LogP contribution in [0.4, 0.5) is 5.69 Å². The van der Waals surface area contributed by atoms with Crippen LogP contribution in [0.15, 0.2) is 30.6 Å². The minimum Gasteiger partial charge on any atom is -0.431 e. The number of hydrogen-bond donors (Lipinski definition) is 0. The Balaban J connectivity index is 2.10. The molecule has 0 saturated heterocycles. The van der Waals surface area contributed by atoms with Gasteiger partial charge in [0.05, 0.1) is 10.3 Å². The van der Waals surface area contributed by atoms with Crippen molar-refractivity contribution in [2.24, 2.45) is 0 Å². The summed E-state index contributed by atoms with van der Waals surface area (Å²) >= 11 is 1.52. The lowest BCUT2D eigenvalue weighted by molar-refractivity contribution is -0.385. The van der Waals surface area contributed by atoms with Gasteiger partial charge < -0.3 is 4.74 Å². The van der Waals surface area contributed by atoms with Crippen molar-refractivity contribution in [1.29, 1.82) is 0 Å². The first-order valence-corrected chi connectivity index (χ1v) is 7.59. The van der Waals surface area contributed by atoms with Crippen LogP contribution >= 0.6 is 11.3 Å². The molecule has 23 heavy (non-hydrogen) atoms. The van der Waals surface area contributed by atoms with E-state index in [2.05, 4.69) is 9.97 Å². The maximum Gasteiger partial charge on any atom is 0.311 e. The molecule has 8 heteroatoms. The Kier molecular flexibility index (Phi) is 3.98. The Labute approximate surface area is 134 Å². The Morgan fingerprint density at radius 2 is 2.17 bits per heavy atom. The summed E-state index contributed by atoms with van der Waals surface area (Å²) in [5, 5.41) is 11.8. The second-order valence-electron chi connectivity index (χ2n) is 4.67. The molecule has 0 atom stereocenters.